The average molecular weight is 537 g/mol. The van der Waals surface area contributed by atoms with Gasteiger partial charge in [-0.1, -0.05) is 25.1 Å². The highest BCUT2D eigenvalue weighted by Gasteiger charge is 2.35. The van der Waals surface area contributed by atoms with E-state index in [1.165, 1.54) is 18.2 Å². The molecule has 0 saturated heterocycles. The molecule has 1 amide bonds. The maximum atomic E-state index is 13.2. The molecule has 6 nitrogen and oxygen atoms in total. The van der Waals surface area contributed by atoms with Crippen LogP contribution in [0, 0.1) is 0 Å². The van der Waals surface area contributed by atoms with Gasteiger partial charge in [0.05, 0.1) is 22.7 Å². The van der Waals surface area contributed by atoms with Crippen LogP contribution in [-0.4, -0.2) is 33.2 Å². The molecule has 0 atom stereocenters. The fourth-order valence-electron chi connectivity index (χ4n) is 3.70. The van der Waals surface area contributed by atoms with Crippen LogP contribution in [0.3, 0.4) is 0 Å². The third-order valence-corrected chi connectivity index (χ3v) is 8.18. The van der Waals surface area contributed by atoms with E-state index in [4.69, 9.17) is 4.74 Å². The first-order valence-corrected chi connectivity index (χ1v) is 13.5. The van der Waals surface area contributed by atoms with Crippen LogP contribution in [0.1, 0.15) is 28.4 Å². The lowest BCUT2D eigenvalue weighted by atomic mass is 10.1. The summed E-state index contributed by atoms with van der Waals surface area (Å²) in [4.78, 5) is 13.4. The molecule has 3 aromatic carbocycles. The minimum atomic E-state index is -4.67. The molecule has 0 spiro atoms. The lowest BCUT2D eigenvalue weighted by molar-refractivity contribution is -0.137. The first-order valence-electron chi connectivity index (χ1n) is 11.1. The van der Waals surface area contributed by atoms with Crippen LogP contribution in [0.25, 0.3) is 0 Å². The van der Waals surface area contributed by atoms with E-state index in [1.54, 1.807) is 11.8 Å². The molecule has 0 aromatic heterocycles. The SMILES string of the molecule is CCSc1ccc(CNC(=O)c2ccc3c(c2)OCCN3S(=O)(=O)c2cccc(C(F)(F)F)c2)cc1. The number of carbonyl (C=O) groups excluding carboxylic acids is 1. The summed E-state index contributed by atoms with van der Waals surface area (Å²) in [5, 5.41) is 2.82. The van der Waals surface area contributed by atoms with E-state index in [9.17, 15) is 26.4 Å². The molecule has 190 valence electrons. The van der Waals surface area contributed by atoms with Gasteiger partial charge in [0, 0.05) is 17.0 Å². The van der Waals surface area contributed by atoms with Crippen LogP contribution in [0.4, 0.5) is 18.9 Å². The van der Waals surface area contributed by atoms with Crippen molar-refractivity contribution in [3.8, 4) is 5.75 Å². The molecule has 0 saturated carbocycles. The summed E-state index contributed by atoms with van der Waals surface area (Å²) in [6, 6.07) is 15.8. The highest BCUT2D eigenvalue weighted by molar-refractivity contribution is 7.99. The standard InChI is InChI=1S/C25H23F3N2O4S2/c1-2-35-20-9-6-17(7-10-20)16-29-24(31)18-8-11-22-23(14-18)34-13-12-30(22)36(32,33)21-5-3-4-19(15-21)25(26,27)28/h3-11,14-15H,2,12-13,16H2,1H3,(H,29,31). The molecule has 1 aliphatic rings. The van der Waals surface area contributed by atoms with Crippen molar-refractivity contribution in [2.75, 3.05) is 23.2 Å². The molecule has 0 bridgehead atoms. The number of hydrogen-bond acceptors (Lipinski definition) is 5. The average Bonchev–Trinajstić information content (AvgIpc) is 2.87. The number of amides is 1. The fraction of sp³-hybridized carbons (Fsp3) is 0.240. The quantitative estimate of drug-likeness (QED) is 0.413. The van der Waals surface area contributed by atoms with Crippen molar-refractivity contribution in [3.05, 3.63) is 83.4 Å². The Morgan fingerprint density at radius 1 is 1.08 bits per heavy atom. The summed E-state index contributed by atoms with van der Waals surface area (Å²) in [6.45, 7) is 2.28. The number of hydrogen-bond donors (Lipinski definition) is 1. The maximum Gasteiger partial charge on any atom is 0.416 e. The van der Waals surface area contributed by atoms with Crippen LogP contribution in [0.15, 0.2) is 76.5 Å². The Labute approximate surface area is 211 Å². The Morgan fingerprint density at radius 3 is 2.53 bits per heavy atom. The molecule has 0 unspecified atom stereocenters. The Kier molecular flexibility index (Phi) is 7.51. The molecular weight excluding hydrogens is 513 g/mol. The van der Waals surface area contributed by atoms with E-state index >= 15 is 0 Å². The van der Waals surface area contributed by atoms with E-state index in [-0.39, 0.29) is 36.1 Å². The van der Waals surface area contributed by atoms with Gasteiger partial charge in [-0.25, -0.2) is 8.42 Å². The summed E-state index contributed by atoms with van der Waals surface area (Å²) in [6.07, 6.45) is -4.67. The van der Waals surface area contributed by atoms with Gasteiger partial charge in [-0.05, 0) is 59.8 Å². The number of fused-ring (bicyclic) bond motifs is 1. The maximum absolute atomic E-state index is 13.2. The molecule has 36 heavy (non-hydrogen) atoms. The van der Waals surface area contributed by atoms with Crippen molar-refractivity contribution in [2.45, 2.75) is 29.4 Å². The second kappa shape index (κ2) is 10.4. The molecular formula is C25H23F3N2O4S2. The third kappa shape index (κ3) is 5.62. The second-order valence-electron chi connectivity index (χ2n) is 7.89. The van der Waals surface area contributed by atoms with Gasteiger partial charge in [-0.15, -0.1) is 11.8 Å². The monoisotopic (exact) mass is 536 g/mol. The first kappa shape index (κ1) is 25.9. The van der Waals surface area contributed by atoms with Gasteiger partial charge in [0.2, 0.25) is 0 Å². The number of halogens is 3. The van der Waals surface area contributed by atoms with Crippen molar-refractivity contribution >= 4 is 33.4 Å². The number of thioether (sulfide) groups is 1. The highest BCUT2D eigenvalue weighted by Crippen LogP contribution is 2.37. The lowest BCUT2D eigenvalue weighted by Crippen LogP contribution is -2.38. The predicted molar refractivity (Wildman–Crippen MR) is 132 cm³/mol. The second-order valence-corrected chi connectivity index (χ2v) is 11.1. The van der Waals surface area contributed by atoms with E-state index < -0.39 is 26.7 Å². The number of sulfonamides is 1. The van der Waals surface area contributed by atoms with Crippen LogP contribution in [0.2, 0.25) is 0 Å². The summed E-state index contributed by atoms with van der Waals surface area (Å²) in [5.41, 5.74) is 0.295. The topological polar surface area (TPSA) is 75.7 Å². The number of anilines is 1. The zero-order valence-electron chi connectivity index (χ0n) is 19.2. The highest BCUT2D eigenvalue weighted by atomic mass is 32.2. The van der Waals surface area contributed by atoms with Gasteiger partial charge < -0.3 is 10.1 Å². The van der Waals surface area contributed by atoms with Crippen LogP contribution >= 0.6 is 11.8 Å². The van der Waals surface area contributed by atoms with E-state index in [0.29, 0.717) is 12.6 Å². The van der Waals surface area contributed by atoms with Gasteiger partial charge in [0.25, 0.3) is 15.9 Å². The van der Waals surface area contributed by atoms with Crippen LogP contribution < -0.4 is 14.4 Å². The molecule has 4 rings (SSSR count). The molecule has 1 heterocycles. The molecule has 1 N–H and O–H groups in total. The molecule has 11 heteroatoms. The Balaban J connectivity index is 1.52. The Bertz CT molecular complexity index is 1360. The van der Waals surface area contributed by atoms with E-state index in [0.717, 1.165) is 38.7 Å². The van der Waals surface area contributed by atoms with Gasteiger partial charge in [-0.2, -0.15) is 13.2 Å². The minimum absolute atomic E-state index is 0.0155. The van der Waals surface area contributed by atoms with Crippen LogP contribution in [-0.2, 0) is 22.7 Å². The molecule has 0 aliphatic carbocycles. The summed E-state index contributed by atoms with van der Waals surface area (Å²) in [5.74, 6) is 0.756. The lowest BCUT2D eigenvalue weighted by Gasteiger charge is -2.30. The Hall–Kier alpha value is -3.18. The molecule has 0 radical (unpaired) electrons. The number of carbonyl (C=O) groups is 1. The van der Waals surface area contributed by atoms with Crippen molar-refractivity contribution in [2.24, 2.45) is 0 Å². The predicted octanol–water partition coefficient (Wildman–Crippen LogP) is 5.34. The number of benzene rings is 3. The smallest absolute Gasteiger partial charge is 0.416 e. The number of ether oxygens (including phenoxy) is 1. The largest absolute Gasteiger partial charge is 0.489 e. The molecule has 1 aliphatic heterocycles. The zero-order chi connectivity index (χ0) is 25.9. The van der Waals surface area contributed by atoms with Crippen molar-refractivity contribution in [1.82, 2.24) is 5.32 Å². The number of nitrogens with zero attached hydrogens (tertiary/aromatic N) is 1. The zero-order valence-corrected chi connectivity index (χ0v) is 20.8. The summed E-state index contributed by atoms with van der Waals surface area (Å²) in [7, 11) is -4.29. The van der Waals surface area contributed by atoms with E-state index in [1.807, 2.05) is 24.3 Å². The number of nitrogens with one attached hydrogen (secondary N) is 1. The molecule has 3 aromatic rings. The summed E-state index contributed by atoms with van der Waals surface area (Å²) < 4.78 is 72.3. The minimum Gasteiger partial charge on any atom is -0.489 e. The van der Waals surface area contributed by atoms with Gasteiger partial charge >= 0.3 is 6.18 Å². The van der Waals surface area contributed by atoms with Gasteiger partial charge in [-0.3, -0.25) is 9.10 Å². The van der Waals surface area contributed by atoms with Gasteiger partial charge in [0.15, 0.2) is 0 Å². The first-order chi connectivity index (χ1) is 17.1. The van der Waals surface area contributed by atoms with Crippen molar-refractivity contribution in [3.63, 3.8) is 0 Å². The Morgan fingerprint density at radius 2 is 1.83 bits per heavy atom. The van der Waals surface area contributed by atoms with E-state index in [2.05, 4.69) is 12.2 Å². The van der Waals surface area contributed by atoms with Gasteiger partial charge in [0.1, 0.15) is 12.4 Å². The normalized spacial score (nSPS) is 13.6. The third-order valence-electron chi connectivity index (χ3n) is 5.48. The molecule has 0 fully saturated rings. The van der Waals surface area contributed by atoms with Crippen molar-refractivity contribution < 1.29 is 31.1 Å². The number of rotatable bonds is 7. The summed E-state index contributed by atoms with van der Waals surface area (Å²) >= 11 is 1.72. The fourth-order valence-corrected chi connectivity index (χ4v) is 5.87. The van der Waals surface area contributed by atoms with Crippen molar-refractivity contribution in [1.29, 1.82) is 0 Å². The number of alkyl halides is 3. The van der Waals surface area contributed by atoms with Crippen LogP contribution in [0.5, 0.6) is 5.75 Å².